The van der Waals surface area contributed by atoms with Crippen molar-refractivity contribution in [1.29, 1.82) is 0 Å². The SMILES string of the molecule is c1cc(-c2cccc(-n3c4ccccc4c4ccccc43)c2)cc(-c2ncnc3c2oc2ccccc23)c1. The van der Waals surface area contributed by atoms with Crippen molar-refractivity contribution < 1.29 is 4.42 Å². The Balaban J connectivity index is 1.28. The zero-order valence-corrected chi connectivity index (χ0v) is 20.4. The van der Waals surface area contributed by atoms with Gasteiger partial charge in [-0.05, 0) is 53.6 Å². The summed E-state index contributed by atoms with van der Waals surface area (Å²) >= 11 is 0. The standard InChI is InChI=1S/C34H21N3O/c1-4-16-29-26(13-1)27-14-2-5-17-30(27)37(29)25-12-8-10-23(20-25)22-9-7-11-24(19-22)32-34-33(36-21-35-32)28-15-3-6-18-31(28)38-34/h1-21H. The average Bonchev–Trinajstić information content (AvgIpc) is 3.53. The molecular weight excluding hydrogens is 466 g/mol. The second-order valence-corrected chi connectivity index (χ2v) is 9.50. The third kappa shape index (κ3) is 3.10. The van der Waals surface area contributed by atoms with Crippen LogP contribution in [-0.4, -0.2) is 14.5 Å². The largest absolute Gasteiger partial charge is 0.452 e. The molecule has 0 aliphatic rings. The van der Waals surface area contributed by atoms with Crippen molar-refractivity contribution in [2.24, 2.45) is 0 Å². The van der Waals surface area contributed by atoms with E-state index in [-0.39, 0.29) is 0 Å². The lowest BCUT2D eigenvalue weighted by Crippen LogP contribution is -1.94. The fourth-order valence-corrected chi connectivity index (χ4v) is 5.60. The second kappa shape index (κ2) is 8.15. The fourth-order valence-electron chi connectivity index (χ4n) is 5.60. The summed E-state index contributed by atoms with van der Waals surface area (Å²) in [6, 6.07) is 42.4. The molecule has 4 nitrogen and oxygen atoms in total. The van der Waals surface area contributed by atoms with Gasteiger partial charge in [-0.3, -0.25) is 0 Å². The molecule has 0 amide bonds. The first-order valence-electron chi connectivity index (χ1n) is 12.7. The number of fused-ring (bicyclic) bond motifs is 6. The minimum atomic E-state index is 0.713. The number of para-hydroxylation sites is 3. The Morgan fingerprint density at radius 2 is 1.16 bits per heavy atom. The van der Waals surface area contributed by atoms with E-state index in [1.165, 1.54) is 21.8 Å². The highest BCUT2D eigenvalue weighted by Crippen LogP contribution is 2.36. The summed E-state index contributed by atoms with van der Waals surface area (Å²) in [5, 5.41) is 3.52. The first kappa shape index (κ1) is 20.9. The topological polar surface area (TPSA) is 43.9 Å². The van der Waals surface area contributed by atoms with Gasteiger partial charge in [0, 0.05) is 27.4 Å². The molecule has 0 saturated carbocycles. The van der Waals surface area contributed by atoms with Crippen LogP contribution in [0.25, 0.3) is 71.9 Å². The minimum Gasteiger partial charge on any atom is -0.452 e. The maximum absolute atomic E-state index is 6.21. The maximum Gasteiger partial charge on any atom is 0.180 e. The van der Waals surface area contributed by atoms with Crippen LogP contribution in [0.1, 0.15) is 0 Å². The molecule has 5 aromatic carbocycles. The van der Waals surface area contributed by atoms with Crippen molar-refractivity contribution in [1.82, 2.24) is 14.5 Å². The zero-order chi connectivity index (χ0) is 25.1. The Hall–Kier alpha value is -5.22. The van der Waals surface area contributed by atoms with Gasteiger partial charge in [0.2, 0.25) is 0 Å². The number of furan rings is 1. The van der Waals surface area contributed by atoms with Crippen molar-refractivity contribution in [3.63, 3.8) is 0 Å². The van der Waals surface area contributed by atoms with E-state index < -0.39 is 0 Å². The van der Waals surface area contributed by atoms with E-state index in [1.807, 2.05) is 24.3 Å². The van der Waals surface area contributed by atoms with Crippen LogP contribution >= 0.6 is 0 Å². The summed E-state index contributed by atoms with van der Waals surface area (Å²) < 4.78 is 8.55. The van der Waals surface area contributed by atoms with Gasteiger partial charge in [0.1, 0.15) is 23.1 Å². The highest BCUT2D eigenvalue weighted by Gasteiger charge is 2.16. The van der Waals surface area contributed by atoms with Gasteiger partial charge in [-0.25, -0.2) is 9.97 Å². The van der Waals surface area contributed by atoms with Gasteiger partial charge < -0.3 is 8.98 Å². The first-order chi connectivity index (χ1) is 18.8. The molecule has 0 unspecified atom stereocenters. The normalized spacial score (nSPS) is 11.7. The highest BCUT2D eigenvalue weighted by atomic mass is 16.3. The number of hydrogen-bond donors (Lipinski definition) is 0. The van der Waals surface area contributed by atoms with Crippen LogP contribution < -0.4 is 0 Å². The second-order valence-electron chi connectivity index (χ2n) is 9.50. The van der Waals surface area contributed by atoms with E-state index in [4.69, 9.17) is 4.42 Å². The van der Waals surface area contributed by atoms with E-state index in [0.717, 1.165) is 44.6 Å². The molecule has 0 fully saturated rings. The molecule has 0 atom stereocenters. The van der Waals surface area contributed by atoms with Crippen molar-refractivity contribution in [2.75, 3.05) is 0 Å². The molecule has 8 aromatic rings. The first-order valence-corrected chi connectivity index (χ1v) is 12.7. The number of nitrogens with zero attached hydrogens (tertiary/aromatic N) is 3. The van der Waals surface area contributed by atoms with E-state index in [2.05, 4.69) is 112 Å². The maximum atomic E-state index is 6.21. The Morgan fingerprint density at radius 3 is 1.95 bits per heavy atom. The molecule has 0 saturated heterocycles. The van der Waals surface area contributed by atoms with E-state index >= 15 is 0 Å². The van der Waals surface area contributed by atoms with E-state index in [1.54, 1.807) is 6.33 Å². The number of benzene rings is 5. The summed E-state index contributed by atoms with van der Waals surface area (Å²) in [6.45, 7) is 0. The van der Waals surface area contributed by atoms with Gasteiger partial charge in [-0.1, -0.05) is 78.9 Å². The third-order valence-electron chi connectivity index (χ3n) is 7.31. The van der Waals surface area contributed by atoms with Crippen LogP contribution in [0.5, 0.6) is 0 Å². The van der Waals surface area contributed by atoms with Gasteiger partial charge in [-0.15, -0.1) is 0 Å². The molecule has 38 heavy (non-hydrogen) atoms. The summed E-state index contributed by atoms with van der Waals surface area (Å²) in [4.78, 5) is 9.14. The summed E-state index contributed by atoms with van der Waals surface area (Å²) in [5.74, 6) is 0. The highest BCUT2D eigenvalue weighted by molar-refractivity contribution is 6.09. The predicted octanol–water partition coefficient (Wildman–Crippen LogP) is 8.81. The quantitative estimate of drug-likeness (QED) is 0.250. The number of aromatic nitrogens is 3. The number of rotatable bonds is 3. The molecule has 8 rings (SSSR count). The van der Waals surface area contributed by atoms with Crippen LogP contribution in [0, 0.1) is 0 Å². The lowest BCUT2D eigenvalue weighted by molar-refractivity contribution is 0.667. The summed E-state index contributed by atoms with van der Waals surface area (Å²) in [6.07, 6.45) is 1.62. The Labute approximate surface area is 218 Å². The van der Waals surface area contributed by atoms with Crippen LogP contribution in [-0.2, 0) is 0 Å². The molecule has 0 N–H and O–H groups in total. The van der Waals surface area contributed by atoms with Gasteiger partial charge in [0.25, 0.3) is 0 Å². The van der Waals surface area contributed by atoms with E-state index in [0.29, 0.717) is 5.58 Å². The molecule has 3 aromatic heterocycles. The molecule has 0 aliphatic carbocycles. The molecule has 0 spiro atoms. The Kier molecular flexibility index (Phi) is 4.49. The van der Waals surface area contributed by atoms with Crippen LogP contribution in [0.15, 0.2) is 132 Å². The monoisotopic (exact) mass is 487 g/mol. The molecule has 4 heteroatoms. The van der Waals surface area contributed by atoms with Crippen LogP contribution in [0.2, 0.25) is 0 Å². The van der Waals surface area contributed by atoms with Gasteiger partial charge in [-0.2, -0.15) is 0 Å². The smallest absolute Gasteiger partial charge is 0.180 e. The molecular formula is C34H21N3O. The molecule has 0 aliphatic heterocycles. The molecule has 178 valence electrons. The summed E-state index contributed by atoms with van der Waals surface area (Å²) in [5.41, 5.74) is 9.96. The Bertz CT molecular complexity index is 2100. The Morgan fingerprint density at radius 1 is 0.526 bits per heavy atom. The van der Waals surface area contributed by atoms with Crippen molar-refractivity contribution in [2.45, 2.75) is 0 Å². The van der Waals surface area contributed by atoms with Crippen molar-refractivity contribution in [3.05, 3.63) is 128 Å². The summed E-state index contributed by atoms with van der Waals surface area (Å²) in [7, 11) is 0. The molecule has 0 bridgehead atoms. The third-order valence-corrected chi connectivity index (χ3v) is 7.31. The molecule has 3 heterocycles. The lowest BCUT2D eigenvalue weighted by Gasteiger charge is -2.11. The van der Waals surface area contributed by atoms with Gasteiger partial charge >= 0.3 is 0 Å². The lowest BCUT2D eigenvalue weighted by atomic mass is 10.0. The van der Waals surface area contributed by atoms with Gasteiger partial charge in [0.15, 0.2) is 5.58 Å². The number of hydrogen-bond acceptors (Lipinski definition) is 3. The fraction of sp³-hybridized carbons (Fsp3) is 0. The van der Waals surface area contributed by atoms with Crippen molar-refractivity contribution >= 4 is 43.9 Å². The van der Waals surface area contributed by atoms with Gasteiger partial charge in [0.05, 0.1) is 11.0 Å². The van der Waals surface area contributed by atoms with Crippen molar-refractivity contribution in [3.8, 4) is 28.1 Å². The average molecular weight is 488 g/mol. The zero-order valence-electron chi connectivity index (χ0n) is 20.4. The van der Waals surface area contributed by atoms with Crippen LogP contribution in [0.4, 0.5) is 0 Å². The minimum absolute atomic E-state index is 0.713. The molecule has 0 radical (unpaired) electrons. The predicted molar refractivity (Wildman–Crippen MR) is 155 cm³/mol. The van der Waals surface area contributed by atoms with Crippen LogP contribution in [0.3, 0.4) is 0 Å². The van der Waals surface area contributed by atoms with E-state index in [9.17, 15) is 0 Å².